The lowest BCUT2D eigenvalue weighted by atomic mass is 10.1. The van der Waals surface area contributed by atoms with Crippen molar-refractivity contribution in [3.05, 3.63) is 47.7 Å². The van der Waals surface area contributed by atoms with Crippen LogP contribution in [0.25, 0.3) is 5.65 Å². The fraction of sp³-hybridized carbons (Fsp3) is 0.368. The molecule has 1 aliphatic rings. The molecule has 0 N–H and O–H groups in total. The summed E-state index contributed by atoms with van der Waals surface area (Å²) in [6.45, 7) is 2.76. The average Bonchev–Trinajstić information content (AvgIpc) is 3.34. The van der Waals surface area contributed by atoms with Crippen LogP contribution in [-0.2, 0) is 4.74 Å². The van der Waals surface area contributed by atoms with Gasteiger partial charge in [0, 0.05) is 12.1 Å². The first-order valence-corrected chi connectivity index (χ1v) is 9.10. The summed E-state index contributed by atoms with van der Waals surface area (Å²) in [5, 5.41) is 4.60. The summed E-state index contributed by atoms with van der Waals surface area (Å²) in [6.07, 6.45) is 4.32. The Labute approximate surface area is 160 Å². The first-order chi connectivity index (χ1) is 13.6. The molecule has 3 aromatic heterocycles. The van der Waals surface area contributed by atoms with E-state index in [1.165, 1.54) is 23.9 Å². The second kappa shape index (κ2) is 7.41. The van der Waals surface area contributed by atoms with Crippen molar-refractivity contribution in [2.45, 2.75) is 25.8 Å². The molecule has 0 saturated carbocycles. The molecule has 9 heteroatoms. The van der Waals surface area contributed by atoms with Crippen molar-refractivity contribution < 1.29 is 18.7 Å². The molecule has 0 amide bonds. The Morgan fingerprint density at radius 1 is 1.32 bits per heavy atom. The van der Waals surface area contributed by atoms with Gasteiger partial charge < -0.3 is 14.4 Å². The Bertz CT molecular complexity index is 1020. The van der Waals surface area contributed by atoms with Crippen LogP contribution in [0.4, 0.5) is 10.2 Å². The summed E-state index contributed by atoms with van der Waals surface area (Å²) >= 11 is 0. The van der Waals surface area contributed by atoms with Crippen molar-refractivity contribution in [2.24, 2.45) is 0 Å². The van der Waals surface area contributed by atoms with E-state index in [1.54, 1.807) is 13.0 Å². The number of carbonyl (C=O) groups is 1. The van der Waals surface area contributed by atoms with Gasteiger partial charge in [-0.05, 0) is 38.0 Å². The number of anilines is 1. The van der Waals surface area contributed by atoms with Gasteiger partial charge in [0.25, 0.3) is 0 Å². The molecule has 1 unspecified atom stereocenters. The maximum atomic E-state index is 13.8. The highest BCUT2D eigenvalue weighted by molar-refractivity contribution is 5.88. The molecule has 1 aliphatic heterocycles. The third-order valence-corrected chi connectivity index (χ3v) is 4.78. The smallest absolute Gasteiger partial charge is 0.358 e. The van der Waals surface area contributed by atoms with E-state index in [1.807, 2.05) is 6.07 Å². The van der Waals surface area contributed by atoms with E-state index in [0.717, 1.165) is 25.6 Å². The Kier molecular flexibility index (Phi) is 4.81. The molecule has 0 bridgehead atoms. The number of aromatic nitrogens is 4. The Balaban J connectivity index is 1.74. The molecular formula is C19H20FN5O3. The first kappa shape index (κ1) is 18.1. The van der Waals surface area contributed by atoms with Crippen molar-refractivity contribution in [2.75, 3.05) is 25.2 Å². The van der Waals surface area contributed by atoms with Crippen molar-refractivity contribution in [3.63, 3.8) is 0 Å². The molecule has 146 valence electrons. The van der Waals surface area contributed by atoms with Crippen LogP contribution in [0.15, 0.2) is 30.6 Å². The number of methoxy groups -OCH3 is 1. The van der Waals surface area contributed by atoms with Crippen LogP contribution in [0.3, 0.4) is 0 Å². The first-order valence-electron chi connectivity index (χ1n) is 9.10. The predicted octanol–water partition coefficient (Wildman–Crippen LogP) is 2.79. The topological polar surface area (TPSA) is 81.8 Å². The quantitative estimate of drug-likeness (QED) is 0.625. The molecule has 3 aromatic rings. The zero-order valence-electron chi connectivity index (χ0n) is 15.6. The van der Waals surface area contributed by atoms with Crippen molar-refractivity contribution in [1.29, 1.82) is 0 Å². The predicted molar refractivity (Wildman–Crippen MR) is 99.0 cm³/mol. The summed E-state index contributed by atoms with van der Waals surface area (Å²) in [5.41, 5.74) is 1.49. The van der Waals surface area contributed by atoms with E-state index in [0.29, 0.717) is 22.9 Å². The van der Waals surface area contributed by atoms with E-state index >= 15 is 0 Å². The second-order valence-electron chi connectivity index (χ2n) is 6.43. The SMILES string of the molecule is CCOC(=O)c1cnc2ccc(N3CCCC3c3cc(F)cnc3OC)nn12. The molecule has 1 atom stereocenters. The van der Waals surface area contributed by atoms with Crippen LogP contribution >= 0.6 is 0 Å². The number of carbonyl (C=O) groups excluding carboxylic acids is 1. The molecule has 28 heavy (non-hydrogen) atoms. The fourth-order valence-electron chi connectivity index (χ4n) is 3.58. The number of hydrogen-bond donors (Lipinski definition) is 0. The third kappa shape index (κ3) is 3.12. The molecule has 0 spiro atoms. The second-order valence-corrected chi connectivity index (χ2v) is 6.43. The fourth-order valence-corrected chi connectivity index (χ4v) is 3.58. The number of esters is 1. The van der Waals surface area contributed by atoms with Crippen LogP contribution in [0.1, 0.15) is 41.9 Å². The van der Waals surface area contributed by atoms with E-state index in [-0.39, 0.29) is 18.3 Å². The molecular weight excluding hydrogens is 365 g/mol. The number of imidazole rings is 1. The molecule has 4 rings (SSSR count). The lowest BCUT2D eigenvalue weighted by molar-refractivity contribution is 0.0517. The molecule has 1 fully saturated rings. The Hall–Kier alpha value is -3.23. The molecule has 4 heterocycles. The van der Waals surface area contributed by atoms with Gasteiger partial charge >= 0.3 is 5.97 Å². The molecule has 0 radical (unpaired) electrons. The highest BCUT2D eigenvalue weighted by Crippen LogP contribution is 2.38. The maximum absolute atomic E-state index is 13.8. The van der Waals surface area contributed by atoms with Gasteiger partial charge in [-0.3, -0.25) is 0 Å². The Morgan fingerprint density at radius 2 is 2.18 bits per heavy atom. The summed E-state index contributed by atoms with van der Waals surface area (Å²) in [5.74, 6) is 0.165. The standard InChI is InChI=1S/C19H20FN5O3/c1-3-28-19(26)15-11-21-16-6-7-17(23-25(15)16)24-8-4-5-14(24)13-9-12(20)10-22-18(13)27-2/h6-7,9-11,14H,3-5,8H2,1-2H3. The summed E-state index contributed by atoms with van der Waals surface area (Å²) < 4.78 is 25.7. The lowest BCUT2D eigenvalue weighted by Crippen LogP contribution is -2.25. The maximum Gasteiger partial charge on any atom is 0.358 e. The zero-order chi connectivity index (χ0) is 19.7. The normalized spacial score (nSPS) is 16.5. The van der Waals surface area contributed by atoms with Crippen LogP contribution in [0.5, 0.6) is 5.88 Å². The van der Waals surface area contributed by atoms with Gasteiger partial charge in [-0.1, -0.05) is 0 Å². The number of hydrogen-bond acceptors (Lipinski definition) is 7. The van der Waals surface area contributed by atoms with E-state index in [2.05, 4.69) is 20.0 Å². The van der Waals surface area contributed by atoms with Crippen molar-refractivity contribution >= 4 is 17.4 Å². The number of rotatable bonds is 5. The minimum atomic E-state index is -0.478. The zero-order valence-corrected chi connectivity index (χ0v) is 15.6. The van der Waals surface area contributed by atoms with Gasteiger partial charge in [0.05, 0.1) is 32.2 Å². The summed E-state index contributed by atoms with van der Waals surface area (Å²) in [6, 6.07) is 4.96. The average molecular weight is 385 g/mol. The number of fused-ring (bicyclic) bond motifs is 1. The third-order valence-electron chi connectivity index (χ3n) is 4.78. The lowest BCUT2D eigenvalue weighted by Gasteiger charge is -2.26. The van der Waals surface area contributed by atoms with E-state index in [9.17, 15) is 9.18 Å². The van der Waals surface area contributed by atoms with E-state index < -0.39 is 11.8 Å². The molecule has 1 saturated heterocycles. The summed E-state index contributed by atoms with van der Waals surface area (Å²) in [7, 11) is 1.52. The number of nitrogens with zero attached hydrogens (tertiary/aromatic N) is 5. The van der Waals surface area contributed by atoms with Crippen LogP contribution in [-0.4, -0.2) is 45.8 Å². The van der Waals surface area contributed by atoms with E-state index in [4.69, 9.17) is 9.47 Å². The monoisotopic (exact) mass is 385 g/mol. The van der Waals surface area contributed by atoms with Gasteiger partial charge in [-0.2, -0.15) is 0 Å². The minimum Gasteiger partial charge on any atom is -0.481 e. The van der Waals surface area contributed by atoms with Gasteiger partial charge in [-0.15, -0.1) is 5.10 Å². The number of pyridine rings is 1. The van der Waals surface area contributed by atoms with Crippen molar-refractivity contribution in [1.82, 2.24) is 19.6 Å². The highest BCUT2D eigenvalue weighted by Gasteiger charge is 2.31. The molecule has 8 nitrogen and oxygen atoms in total. The molecule has 0 aromatic carbocycles. The highest BCUT2D eigenvalue weighted by atomic mass is 19.1. The van der Waals surface area contributed by atoms with Crippen LogP contribution in [0.2, 0.25) is 0 Å². The van der Waals surface area contributed by atoms with Gasteiger partial charge in [0.2, 0.25) is 5.88 Å². The molecule has 0 aliphatic carbocycles. The largest absolute Gasteiger partial charge is 0.481 e. The number of halogens is 1. The van der Waals surface area contributed by atoms with Crippen LogP contribution < -0.4 is 9.64 Å². The van der Waals surface area contributed by atoms with Gasteiger partial charge in [0.1, 0.15) is 11.6 Å². The van der Waals surface area contributed by atoms with Gasteiger partial charge in [-0.25, -0.2) is 23.7 Å². The minimum absolute atomic E-state index is 0.127. The Morgan fingerprint density at radius 3 is 2.96 bits per heavy atom. The van der Waals surface area contributed by atoms with Gasteiger partial charge in [0.15, 0.2) is 11.3 Å². The van der Waals surface area contributed by atoms with Crippen LogP contribution in [0, 0.1) is 5.82 Å². The van der Waals surface area contributed by atoms with Crippen molar-refractivity contribution in [3.8, 4) is 5.88 Å². The summed E-state index contributed by atoms with van der Waals surface area (Å²) in [4.78, 5) is 22.5. The number of ether oxygens (including phenoxy) is 2.